The van der Waals surface area contributed by atoms with Crippen molar-refractivity contribution in [3.05, 3.63) is 46.6 Å². The van der Waals surface area contributed by atoms with Gasteiger partial charge in [0.1, 0.15) is 0 Å². The zero-order valence-corrected chi connectivity index (χ0v) is 15.4. The van der Waals surface area contributed by atoms with Gasteiger partial charge < -0.3 is 10.1 Å². The lowest BCUT2D eigenvalue weighted by Gasteiger charge is -2.27. The molecule has 3 heterocycles. The van der Waals surface area contributed by atoms with E-state index >= 15 is 0 Å². The molecule has 0 radical (unpaired) electrons. The highest BCUT2D eigenvalue weighted by molar-refractivity contribution is 5.95. The summed E-state index contributed by atoms with van der Waals surface area (Å²) in [5.41, 5.74) is 3.63. The number of nitrogens with one attached hydrogen (secondary N) is 1. The molecule has 2 aromatic rings. The zero-order valence-electron chi connectivity index (χ0n) is 15.4. The number of pyridine rings is 1. The number of anilines is 1. The lowest BCUT2D eigenvalue weighted by molar-refractivity contribution is -0.125. The highest BCUT2D eigenvalue weighted by atomic mass is 16.5. The number of aromatic nitrogens is 1. The van der Waals surface area contributed by atoms with Crippen LogP contribution in [0.15, 0.2) is 30.6 Å². The third-order valence-electron chi connectivity index (χ3n) is 5.35. The lowest BCUT2D eigenvalue weighted by Crippen LogP contribution is -2.43. The summed E-state index contributed by atoms with van der Waals surface area (Å²) in [7, 11) is 0. The van der Waals surface area contributed by atoms with Crippen LogP contribution in [-0.2, 0) is 9.53 Å². The molecule has 0 spiro atoms. The van der Waals surface area contributed by atoms with E-state index in [0.29, 0.717) is 31.7 Å². The molecule has 27 heavy (non-hydrogen) atoms. The van der Waals surface area contributed by atoms with Crippen LogP contribution in [0.5, 0.6) is 0 Å². The number of nitrogens with two attached hydrogens (primary N) is 1. The lowest BCUT2D eigenvalue weighted by atomic mass is 9.97. The Hall–Kier alpha value is -2.70. The zero-order chi connectivity index (χ0) is 18.8. The molecule has 1 aromatic heterocycles. The summed E-state index contributed by atoms with van der Waals surface area (Å²) >= 11 is 0. The van der Waals surface area contributed by atoms with Gasteiger partial charge in [0.25, 0.3) is 0 Å². The molecule has 1 aromatic carbocycles. The molecule has 0 saturated carbocycles. The van der Waals surface area contributed by atoms with Gasteiger partial charge in [-0.1, -0.05) is 18.2 Å². The van der Waals surface area contributed by atoms with Crippen LogP contribution >= 0.6 is 0 Å². The number of hydrogen-bond acceptors (Lipinski definition) is 5. The molecule has 6 nitrogen and oxygen atoms in total. The van der Waals surface area contributed by atoms with Crippen molar-refractivity contribution in [3.8, 4) is 11.1 Å². The minimum Gasteiger partial charge on any atom is -0.387 e. The normalized spacial score (nSPS) is 16.5. The van der Waals surface area contributed by atoms with Gasteiger partial charge in [-0.15, -0.1) is 0 Å². The third kappa shape index (κ3) is 3.46. The van der Waals surface area contributed by atoms with Gasteiger partial charge in [-0.2, -0.15) is 0 Å². The maximum atomic E-state index is 12.8. The summed E-state index contributed by atoms with van der Waals surface area (Å²) in [5, 5.41) is 6.86. The molecule has 0 aliphatic carbocycles. The van der Waals surface area contributed by atoms with Crippen molar-refractivity contribution in [2.45, 2.75) is 19.8 Å². The number of ether oxygens (including phenoxy) is 1. The van der Waals surface area contributed by atoms with Crippen LogP contribution in [0.25, 0.3) is 23.4 Å². The second-order valence-corrected chi connectivity index (χ2v) is 7.03. The van der Waals surface area contributed by atoms with Crippen LogP contribution in [0.1, 0.15) is 18.4 Å². The highest BCUT2D eigenvalue weighted by Crippen LogP contribution is 2.29. The summed E-state index contributed by atoms with van der Waals surface area (Å²) < 4.78 is 5.35. The number of amides is 1. The Bertz CT molecular complexity index is 980. The number of rotatable bonds is 3. The SMILES string of the molecule is Cc1c(-c2ccc3c(c2)=CNCC=3)cncc1N(N)C(=O)C1CCOCC1. The van der Waals surface area contributed by atoms with E-state index < -0.39 is 0 Å². The first-order chi connectivity index (χ1) is 13.1. The van der Waals surface area contributed by atoms with Gasteiger partial charge >= 0.3 is 0 Å². The number of hydrogen-bond donors (Lipinski definition) is 2. The van der Waals surface area contributed by atoms with E-state index in [1.165, 1.54) is 10.2 Å². The summed E-state index contributed by atoms with van der Waals surface area (Å²) in [6, 6.07) is 6.33. The predicted octanol–water partition coefficient (Wildman–Crippen LogP) is 0.812. The second-order valence-electron chi connectivity index (χ2n) is 7.03. The summed E-state index contributed by atoms with van der Waals surface area (Å²) in [6.07, 6.45) is 9.10. The molecule has 2 aliphatic heterocycles. The van der Waals surface area contributed by atoms with E-state index in [1.807, 2.05) is 19.3 Å². The molecule has 0 bridgehead atoms. The molecule has 1 saturated heterocycles. The summed E-state index contributed by atoms with van der Waals surface area (Å²) in [4.78, 5) is 17.1. The summed E-state index contributed by atoms with van der Waals surface area (Å²) in [5.74, 6) is 6.05. The monoisotopic (exact) mass is 364 g/mol. The number of hydrazine groups is 1. The Morgan fingerprint density at radius 3 is 2.89 bits per heavy atom. The molecule has 140 valence electrons. The average Bonchev–Trinajstić information content (AvgIpc) is 2.73. The van der Waals surface area contributed by atoms with E-state index in [2.05, 4.69) is 34.6 Å². The molecule has 6 heteroatoms. The molecule has 3 N–H and O–H groups in total. The Labute approximate surface area is 158 Å². The molecule has 2 aliphatic rings. The summed E-state index contributed by atoms with van der Waals surface area (Å²) in [6.45, 7) is 4.05. The minimum atomic E-state index is -0.0910. The molecule has 1 fully saturated rings. The molecule has 1 amide bonds. The quantitative estimate of drug-likeness (QED) is 0.479. The van der Waals surface area contributed by atoms with Gasteiger partial charge in [-0.25, -0.2) is 10.9 Å². The second kappa shape index (κ2) is 7.50. The third-order valence-corrected chi connectivity index (χ3v) is 5.35. The molecular weight excluding hydrogens is 340 g/mol. The number of nitrogens with zero attached hydrogens (tertiary/aromatic N) is 2. The number of carbonyl (C=O) groups is 1. The Balaban J connectivity index is 1.68. The Morgan fingerprint density at radius 1 is 1.26 bits per heavy atom. The van der Waals surface area contributed by atoms with E-state index in [9.17, 15) is 4.79 Å². The standard InChI is InChI=1S/C21H24N4O2/c1-14-19(17-3-2-15-4-7-23-11-18(15)10-17)12-24-13-20(14)25(22)21(26)16-5-8-27-9-6-16/h2-4,10-13,16,23H,5-9,22H2,1H3. The van der Waals surface area contributed by atoms with Crippen molar-refractivity contribution >= 4 is 23.9 Å². The first kappa shape index (κ1) is 17.7. The van der Waals surface area contributed by atoms with Crippen LogP contribution < -0.4 is 26.6 Å². The minimum absolute atomic E-state index is 0.0714. The van der Waals surface area contributed by atoms with Gasteiger partial charge in [0, 0.05) is 43.6 Å². The van der Waals surface area contributed by atoms with Crippen molar-refractivity contribution < 1.29 is 9.53 Å². The first-order valence-corrected chi connectivity index (χ1v) is 9.30. The maximum Gasteiger partial charge on any atom is 0.244 e. The number of fused-ring (bicyclic) bond motifs is 1. The smallest absolute Gasteiger partial charge is 0.244 e. The van der Waals surface area contributed by atoms with Gasteiger partial charge in [0.05, 0.1) is 11.9 Å². The first-order valence-electron chi connectivity index (χ1n) is 9.30. The van der Waals surface area contributed by atoms with E-state index in [0.717, 1.165) is 28.5 Å². The Morgan fingerprint density at radius 2 is 2.07 bits per heavy atom. The van der Waals surface area contributed by atoms with Crippen molar-refractivity contribution in [2.75, 3.05) is 24.8 Å². The van der Waals surface area contributed by atoms with Crippen LogP contribution in [0, 0.1) is 12.8 Å². The molecule has 4 rings (SSSR count). The van der Waals surface area contributed by atoms with Gasteiger partial charge in [-0.05, 0) is 47.4 Å². The van der Waals surface area contributed by atoms with Crippen LogP contribution in [0.2, 0.25) is 0 Å². The molecular formula is C21H24N4O2. The van der Waals surface area contributed by atoms with Gasteiger partial charge in [0.2, 0.25) is 5.91 Å². The van der Waals surface area contributed by atoms with Crippen molar-refractivity contribution in [2.24, 2.45) is 11.8 Å². The van der Waals surface area contributed by atoms with Crippen molar-refractivity contribution in [1.82, 2.24) is 10.3 Å². The van der Waals surface area contributed by atoms with Gasteiger partial charge in [0.15, 0.2) is 0 Å². The van der Waals surface area contributed by atoms with Crippen molar-refractivity contribution in [3.63, 3.8) is 0 Å². The molecule has 0 unspecified atom stereocenters. The average molecular weight is 364 g/mol. The number of benzene rings is 1. The topological polar surface area (TPSA) is 80.5 Å². The van der Waals surface area contributed by atoms with E-state index in [1.54, 1.807) is 6.20 Å². The van der Waals surface area contributed by atoms with Gasteiger partial charge in [-0.3, -0.25) is 9.78 Å². The van der Waals surface area contributed by atoms with Crippen molar-refractivity contribution in [1.29, 1.82) is 0 Å². The fraction of sp³-hybridized carbons (Fsp3) is 0.333. The van der Waals surface area contributed by atoms with E-state index in [4.69, 9.17) is 10.6 Å². The van der Waals surface area contributed by atoms with Crippen LogP contribution in [0.3, 0.4) is 0 Å². The van der Waals surface area contributed by atoms with Crippen LogP contribution in [0.4, 0.5) is 5.69 Å². The highest BCUT2D eigenvalue weighted by Gasteiger charge is 2.27. The van der Waals surface area contributed by atoms with Crippen LogP contribution in [-0.4, -0.2) is 30.6 Å². The predicted molar refractivity (Wildman–Crippen MR) is 106 cm³/mol. The fourth-order valence-electron chi connectivity index (χ4n) is 3.70. The van der Waals surface area contributed by atoms with E-state index in [-0.39, 0.29) is 11.8 Å². The Kier molecular flexibility index (Phi) is 4.92. The largest absolute Gasteiger partial charge is 0.387 e. The fourth-order valence-corrected chi connectivity index (χ4v) is 3.70. The maximum absolute atomic E-state index is 12.8. The molecule has 0 atom stereocenters. The number of carbonyl (C=O) groups excluding carboxylic acids is 1.